The molecule has 1 saturated carbocycles. The monoisotopic (exact) mass is 263 g/mol. The van der Waals surface area contributed by atoms with Gasteiger partial charge in [0.2, 0.25) is 0 Å². The van der Waals surface area contributed by atoms with Crippen LogP contribution in [-0.2, 0) is 7.05 Å². The number of hydrogen-bond acceptors (Lipinski definition) is 2. The average molecular weight is 263 g/mol. The Labute approximate surface area is 117 Å². The van der Waals surface area contributed by atoms with Crippen LogP contribution in [0.15, 0.2) is 12.4 Å². The SMILES string of the molecule is CCCNC(c1nccn1C)C1CC(C)CC(C)C1. The first-order valence-electron chi connectivity index (χ1n) is 7.82. The van der Waals surface area contributed by atoms with Crippen molar-refractivity contribution in [2.45, 2.75) is 52.5 Å². The highest BCUT2D eigenvalue weighted by molar-refractivity contribution is 5.02. The van der Waals surface area contributed by atoms with E-state index in [4.69, 9.17) is 0 Å². The second-order valence-electron chi connectivity index (χ2n) is 6.51. The van der Waals surface area contributed by atoms with Crippen LogP contribution in [0, 0.1) is 17.8 Å². The molecule has 1 aromatic heterocycles. The van der Waals surface area contributed by atoms with Gasteiger partial charge in [0.1, 0.15) is 5.82 Å². The molecule has 0 aliphatic heterocycles. The van der Waals surface area contributed by atoms with Crippen LogP contribution in [0.5, 0.6) is 0 Å². The first kappa shape index (κ1) is 14.6. The molecule has 0 saturated heterocycles. The van der Waals surface area contributed by atoms with E-state index in [9.17, 15) is 0 Å². The van der Waals surface area contributed by atoms with E-state index in [0.717, 1.165) is 24.3 Å². The molecule has 0 aromatic carbocycles. The molecule has 2 rings (SSSR count). The number of rotatable bonds is 5. The Morgan fingerprint density at radius 1 is 1.32 bits per heavy atom. The van der Waals surface area contributed by atoms with Gasteiger partial charge < -0.3 is 9.88 Å². The molecule has 1 N–H and O–H groups in total. The molecule has 0 radical (unpaired) electrons. The molecule has 1 aliphatic carbocycles. The van der Waals surface area contributed by atoms with Gasteiger partial charge in [-0.05, 0) is 50.0 Å². The third kappa shape index (κ3) is 3.59. The summed E-state index contributed by atoms with van der Waals surface area (Å²) in [5.74, 6) is 3.63. The minimum Gasteiger partial charge on any atom is -0.337 e. The van der Waals surface area contributed by atoms with E-state index in [1.54, 1.807) is 0 Å². The first-order valence-corrected chi connectivity index (χ1v) is 7.82. The number of hydrogen-bond donors (Lipinski definition) is 1. The van der Waals surface area contributed by atoms with Gasteiger partial charge in [0, 0.05) is 19.4 Å². The van der Waals surface area contributed by atoms with Crippen LogP contribution in [0.1, 0.15) is 58.3 Å². The maximum atomic E-state index is 4.59. The maximum Gasteiger partial charge on any atom is 0.125 e. The van der Waals surface area contributed by atoms with Crippen molar-refractivity contribution in [2.24, 2.45) is 24.8 Å². The van der Waals surface area contributed by atoms with Gasteiger partial charge in [0.25, 0.3) is 0 Å². The van der Waals surface area contributed by atoms with Gasteiger partial charge in [-0.15, -0.1) is 0 Å². The van der Waals surface area contributed by atoms with Crippen molar-refractivity contribution in [1.82, 2.24) is 14.9 Å². The van der Waals surface area contributed by atoms with E-state index in [-0.39, 0.29) is 0 Å². The average Bonchev–Trinajstić information content (AvgIpc) is 2.75. The fourth-order valence-electron chi connectivity index (χ4n) is 3.73. The predicted octanol–water partition coefficient (Wildman–Crippen LogP) is 3.53. The van der Waals surface area contributed by atoms with Gasteiger partial charge in [0.15, 0.2) is 0 Å². The summed E-state index contributed by atoms with van der Waals surface area (Å²) >= 11 is 0. The maximum absolute atomic E-state index is 4.59. The first-order chi connectivity index (χ1) is 9.11. The van der Waals surface area contributed by atoms with Gasteiger partial charge in [-0.25, -0.2) is 4.98 Å². The molecular formula is C16H29N3. The molecule has 3 heteroatoms. The highest BCUT2D eigenvalue weighted by Crippen LogP contribution is 2.39. The van der Waals surface area contributed by atoms with Crippen molar-refractivity contribution in [2.75, 3.05) is 6.54 Å². The zero-order chi connectivity index (χ0) is 13.8. The Hall–Kier alpha value is -0.830. The summed E-state index contributed by atoms with van der Waals surface area (Å²) in [5, 5.41) is 3.74. The molecule has 0 amide bonds. The highest BCUT2D eigenvalue weighted by Gasteiger charge is 2.32. The summed E-state index contributed by atoms with van der Waals surface area (Å²) in [5.41, 5.74) is 0. The predicted molar refractivity (Wildman–Crippen MR) is 79.9 cm³/mol. The van der Waals surface area contributed by atoms with Crippen molar-refractivity contribution in [3.63, 3.8) is 0 Å². The molecule has 0 spiro atoms. The third-order valence-corrected chi connectivity index (χ3v) is 4.44. The molecule has 108 valence electrons. The quantitative estimate of drug-likeness (QED) is 0.880. The van der Waals surface area contributed by atoms with Crippen LogP contribution in [0.2, 0.25) is 0 Å². The molecular weight excluding hydrogens is 234 g/mol. The van der Waals surface area contributed by atoms with E-state index in [2.05, 4.69) is 48.9 Å². The van der Waals surface area contributed by atoms with Crippen molar-refractivity contribution < 1.29 is 0 Å². The summed E-state index contributed by atoms with van der Waals surface area (Å²) in [7, 11) is 2.11. The standard InChI is InChI=1S/C16H29N3/c1-5-6-17-15(16-18-7-8-19(16)4)14-10-12(2)9-13(3)11-14/h7-8,12-15,17H,5-6,9-11H2,1-4H3. The van der Waals surface area contributed by atoms with Gasteiger partial charge in [-0.1, -0.05) is 20.8 Å². The van der Waals surface area contributed by atoms with Gasteiger partial charge in [-0.2, -0.15) is 0 Å². The number of nitrogens with zero attached hydrogens (tertiary/aromatic N) is 2. The Morgan fingerprint density at radius 2 is 2.00 bits per heavy atom. The van der Waals surface area contributed by atoms with Crippen LogP contribution in [-0.4, -0.2) is 16.1 Å². The molecule has 1 fully saturated rings. The summed E-state index contributed by atoms with van der Waals surface area (Å²) in [6.07, 6.45) is 9.21. The largest absolute Gasteiger partial charge is 0.337 e. The molecule has 1 heterocycles. The van der Waals surface area contributed by atoms with Crippen molar-refractivity contribution in [1.29, 1.82) is 0 Å². The van der Waals surface area contributed by atoms with Gasteiger partial charge >= 0.3 is 0 Å². The lowest BCUT2D eigenvalue weighted by molar-refractivity contribution is 0.171. The zero-order valence-electron chi connectivity index (χ0n) is 12.9. The highest BCUT2D eigenvalue weighted by atomic mass is 15.1. The van der Waals surface area contributed by atoms with Crippen LogP contribution < -0.4 is 5.32 Å². The molecule has 1 aliphatic rings. The fourth-order valence-corrected chi connectivity index (χ4v) is 3.73. The second-order valence-corrected chi connectivity index (χ2v) is 6.51. The number of imidazole rings is 1. The fraction of sp³-hybridized carbons (Fsp3) is 0.812. The topological polar surface area (TPSA) is 29.9 Å². The zero-order valence-corrected chi connectivity index (χ0v) is 12.9. The smallest absolute Gasteiger partial charge is 0.125 e. The Balaban J connectivity index is 2.15. The molecule has 1 aromatic rings. The Bertz CT molecular complexity index is 375. The van der Waals surface area contributed by atoms with E-state index in [1.807, 2.05) is 6.20 Å². The third-order valence-electron chi connectivity index (χ3n) is 4.44. The molecule has 3 atom stereocenters. The van der Waals surface area contributed by atoms with Crippen molar-refractivity contribution >= 4 is 0 Å². The van der Waals surface area contributed by atoms with Crippen LogP contribution in [0.4, 0.5) is 0 Å². The van der Waals surface area contributed by atoms with Gasteiger partial charge in [-0.3, -0.25) is 0 Å². The Kier molecular flexibility index (Phi) is 5.03. The van der Waals surface area contributed by atoms with Crippen LogP contribution in [0.3, 0.4) is 0 Å². The minimum absolute atomic E-state index is 0.421. The lowest BCUT2D eigenvalue weighted by atomic mass is 9.73. The van der Waals surface area contributed by atoms with E-state index in [1.165, 1.54) is 31.5 Å². The van der Waals surface area contributed by atoms with Crippen molar-refractivity contribution in [3.8, 4) is 0 Å². The minimum atomic E-state index is 0.421. The van der Waals surface area contributed by atoms with E-state index >= 15 is 0 Å². The van der Waals surface area contributed by atoms with Gasteiger partial charge in [0.05, 0.1) is 6.04 Å². The van der Waals surface area contributed by atoms with Crippen LogP contribution in [0.25, 0.3) is 0 Å². The summed E-state index contributed by atoms with van der Waals surface area (Å²) < 4.78 is 2.18. The normalized spacial score (nSPS) is 29.4. The summed E-state index contributed by atoms with van der Waals surface area (Å²) in [6.45, 7) is 8.11. The number of aromatic nitrogens is 2. The molecule has 0 bridgehead atoms. The molecule has 3 nitrogen and oxygen atoms in total. The number of nitrogens with one attached hydrogen (secondary N) is 1. The summed E-state index contributed by atoms with van der Waals surface area (Å²) in [4.78, 5) is 4.59. The van der Waals surface area contributed by atoms with Crippen LogP contribution >= 0.6 is 0 Å². The molecule has 19 heavy (non-hydrogen) atoms. The van der Waals surface area contributed by atoms with E-state index in [0.29, 0.717) is 6.04 Å². The second kappa shape index (κ2) is 6.56. The van der Waals surface area contributed by atoms with E-state index < -0.39 is 0 Å². The van der Waals surface area contributed by atoms with Crippen molar-refractivity contribution in [3.05, 3.63) is 18.2 Å². The molecule has 3 unspecified atom stereocenters. The Morgan fingerprint density at radius 3 is 2.53 bits per heavy atom. The lowest BCUT2D eigenvalue weighted by Gasteiger charge is -2.36. The summed E-state index contributed by atoms with van der Waals surface area (Å²) in [6, 6.07) is 0.421. The number of aryl methyl sites for hydroxylation is 1. The lowest BCUT2D eigenvalue weighted by Crippen LogP contribution is -2.35.